The number of nitrogens with zero attached hydrogens (tertiary/aromatic N) is 2. The zero-order valence-corrected chi connectivity index (χ0v) is 17.2. The first kappa shape index (κ1) is 19.7. The van der Waals surface area contributed by atoms with Gasteiger partial charge in [0.1, 0.15) is 5.82 Å². The summed E-state index contributed by atoms with van der Waals surface area (Å²) in [5, 5.41) is 7.68. The summed E-state index contributed by atoms with van der Waals surface area (Å²) in [6, 6.07) is 10.7. The minimum absolute atomic E-state index is 0.138. The van der Waals surface area contributed by atoms with Crippen LogP contribution in [-0.2, 0) is 7.05 Å². The van der Waals surface area contributed by atoms with Gasteiger partial charge in [-0.15, -0.1) is 11.3 Å². The van der Waals surface area contributed by atoms with Crippen LogP contribution < -0.4 is 5.32 Å². The van der Waals surface area contributed by atoms with E-state index in [0.717, 1.165) is 46.1 Å². The lowest BCUT2D eigenvalue weighted by molar-refractivity contribution is 0.0950. The van der Waals surface area contributed by atoms with Crippen LogP contribution >= 0.6 is 11.3 Å². The topological polar surface area (TPSA) is 46.9 Å². The zero-order valence-electron chi connectivity index (χ0n) is 16.4. The molecule has 3 aromatic rings. The number of thiophene rings is 1. The molecule has 0 spiro atoms. The number of halogens is 1. The molecule has 4 nitrogen and oxygen atoms in total. The van der Waals surface area contributed by atoms with E-state index in [1.54, 1.807) is 24.4 Å². The summed E-state index contributed by atoms with van der Waals surface area (Å²) in [7, 11) is 1.89. The highest BCUT2D eigenvalue weighted by Crippen LogP contribution is 2.36. The summed E-state index contributed by atoms with van der Waals surface area (Å²) < 4.78 is 15.5. The Bertz CT molecular complexity index is 1040. The van der Waals surface area contributed by atoms with Crippen molar-refractivity contribution in [3.8, 4) is 10.6 Å². The third kappa shape index (κ3) is 4.09. The molecule has 1 N–H and O–H groups in total. The van der Waals surface area contributed by atoms with Gasteiger partial charge in [0.15, 0.2) is 5.78 Å². The number of rotatable bonds is 6. The van der Waals surface area contributed by atoms with Gasteiger partial charge in [0.05, 0.1) is 21.6 Å². The minimum atomic E-state index is -0.219. The molecule has 2 atom stereocenters. The van der Waals surface area contributed by atoms with Crippen LogP contribution in [0.15, 0.2) is 49.2 Å². The monoisotopic (exact) mass is 409 g/mol. The number of aromatic nitrogens is 2. The molecule has 1 saturated heterocycles. The van der Waals surface area contributed by atoms with Crippen molar-refractivity contribution in [2.45, 2.75) is 18.8 Å². The van der Waals surface area contributed by atoms with Crippen molar-refractivity contribution in [1.82, 2.24) is 15.1 Å². The van der Waals surface area contributed by atoms with Gasteiger partial charge in [-0.2, -0.15) is 5.10 Å². The SMILES string of the molecule is C=Cc1cnn(C)c1-c1ccc(C(=O)C[C@@H]2CNCC[C@H]2c2cccc(F)c2)s1. The number of hydrogen-bond donors (Lipinski definition) is 1. The summed E-state index contributed by atoms with van der Waals surface area (Å²) >= 11 is 1.49. The molecule has 1 aliphatic heterocycles. The second-order valence-electron chi connectivity index (χ2n) is 7.48. The van der Waals surface area contributed by atoms with Gasteiger partial charge >= 0.3 is 0 Å². The Morgan fingerprint density at radius 3 is 3.07 bits per heavy atom. The van der Waals surface area contributed by atoms with Crippen LogP contribution in [0, 0.1) is 11.7 Å². The van der Waals surface area contributed by atoms with E-state index in [1.165, 1.54) is 17.4 Å². The lowest BCUT2D eigenvalue weighted by atomic mass is 9.78. The van der Waals surface area contributed by atoms with Gasteiger partial charge in [0.2, 0.25) is 0 Å². The molecule has 1 fully saturated rings. The van der Waals surface area contributed by atoms with Gasteiger partial charge in [-0.25, -0.2) is 4.39 Å². The Balaban J connectivity index is 1.53. The van der Waals surface area contributed by atoms with E-state index in [-0.39, 0.29) is 23.4 Å². The predicted molar refractivity (Wildman–Crippen MR) is 116 cm³/mol. The molecule has 1 aromatic carbocycles. The van der Waals surface area contributed by atoms with Crippen LogP contribution in [-0.4, -0.2) is 28.7 Å². The van der Waals surface area contributed by atoms with Crippen molar-refractivity contribution in [2.24, 2.45) is 13.0 Å². The van der Waals surface area contributed by atoms with Crippen molar-refractivity contribution < 1.29 is 9.18 Å². The van der Waals surface area contributed by atoms with Crippen molar-refractivity contribution in [2.75, 3.05) is 13.1 Å². The van der Waals surface area contributed by atoms with Gasteiger partial charge < -0.3 is 5.32 Å². The van der Waals surface area contributed by atoms with E-state index in [9.17, 15) is 9.18 Å². The molecular weight excluding hydrogens is 385 g/mol. The first-order chi connectivity index (χ1) is 14.1. The van der Waals surface area contributed by atoms with Gasteiger partial charge in [-0.05, 0) is 61.2 Å². The lowest BCUT2D eigenvalue weighted by Crippen LogP contribution is -2.36. The molecule has 6 heteroatoms. The summed E-state index contributed by atoms with van der Waals surface area (Å²) in [4.78, 5) is 14.8. The van der Waals surface area contributed by atoms with E-state index < -0.39 is 0 Å². The summed E-state index contributed by atoms with van der Waals surface area (Å²) in [5.41, 5.74) is 2.92. The smallest absolute Gasteiger partial charge is 0.173 e. The maximum absolute atomic E-state index is 13.7. The molecule has 2 aromatic heterocycles. The number of carbonyl (C=O) groups excluding carboxylic acids is 1. The second-order valence-corrected chi connectivity index (χ2v) is 8.57. The molecule has 0 unspecified atom stereocenters. The average Bonchev–Trinajstić information content (AvgIpc) is 3.34. The highest BCUT2D eigenvalue weighted by atomic mass is 32.1. The number of benzene rings is 1. The Hall–Kier alpha value is -2.57. The highest BCUT2D eigenvalue weighted by Gasteiger charge is 2.29. The first-order valence-electron chi connectivity index (χ1n) is 9.81. The van der Waals surface area contributed by atoms with Crippen molar-refractivity contribution >= 4 is 23.2 Å². The number of ketones is 1. The maximum atomic E-state index is 13.7. The quantitative estimate of drug-likeness (QED) is 0.589. The molecule has 4 rings (SSSR count). The molecule has 3 heterocycles. The third-order valence-electron chi connectivity index (χ3n) is 5.63. The molecule has 29 heavy (non-hydrogen) atoms. The number of nitrogens with one attached hydrogen (secondary N) is 1. The van der Waals surface area contributed by atoms with E-state index in [4.69, 9.17) is 0 Å². The van der Waals surface area contributed by atoms with Gasteiger partial charge in [0.25, 0.3) is 0 Å². The van der Waals surface area contributed by atoms with E-state index in [2.05, 4.69) is 17.0 Å². The number of carbonyl (C=O) groups is 1. The molecule has 150 valence electrons. The first-order valence-corrected chi connectivity index (χ1v) is 10.6. The highest BCUT2D eigenvalue weighted by molar-refractivity contribution is 7.17. The molecule has 0 aliphatic carbocycles. The van der Waals surface area contributed by atoms with Crippen molar-refractivity contribution in [1.29, 1.82) is 0 Å². The second kappa shape index (κ2) is 8.43. The molecule has 0 radical (unpaired) electrons. The fourth-order valence-corrected chi connectivity index (χ4v) is 5.23. The number of Topliss-reactive ketones (excluding diaryl/α,β-unsaturated/α-hetero) is 1. The number of hydrogen-bond acceptors (Lipinski definition) is 4. The largest absolute Gasteiger partial charge is 0.316 e. The van der Waals surface area contributed by atoms with Crippen LogP contribution in [0.2, 0.25) is 0 Å². The van der Waals surface area contributed by atoms with Crippen molar-refractivity contribution in [3.05, 3.63) is 71.0 Å². The minimum Gasteiger partial charge on any atom is -0.316 e. The maximum Gasteiger partial charge on any atom is 0.173 e. The van der Waals surface area contributed by atoms with Gasteiger partial charge in [-0.3, -0.25) is 9.48 Å². The Kier molecular flexibility index (Phi) is 5.74. The molecule has 0 bridgehead atoms. The molecule has 1 aliphatic rings. The van der Waals surface area contributed by atoms with E-state index in [0.29, 0.717) is 6.42 Å². The lowest BCUT2D eigenvalue weighted by Gasteiger charge is -2.32. The molecule has 0 amide bonds. The van der Waals surface area contributed by atoms with Gasteiger partial charge in [0, 0.05) is 19.0 Å². The standard InChI is InChI=1S/C23H24FN3OS/c1-3-15-14-26-27(2)23(15)22-8-7-21(29-22)20(28)12-17-13-25-10-9-19(17)16-5-4-6-18(24)11-16/h3-8,11,14,17,19,25H,1,9-10,12-13H2,2H3/t17-,19+/m1/s1. The van der Waals surface area contributed by atoms with E-state index >= 15 is 0 Å². The molecule has 0 saturated carbocycles. The fraction of sp³-hybridized carbons (Fsp3) is 0.304. The van der Waals surface area contributed by atoms with Gasteiger partial charge in [-0.1, -0.05) is 24.8 Å². The summed E-state index contributed by atoms with van der Waals surface area (Å²) in [6.07, 6.45) is 4.92. The van der Waals surface area contributed by atoms with Crippen LogP contribution in [0.3, 0.4) is 0 Å². The van der Waals surface area contributed by atoms with Crippen LogP contribution in [0.4, 0.5) is 4.39 Å². The molecular formula is C23H24FN3OS. The summed E-state index contributed by atoms with van der Waals surface area (Å²) in [6.45, 7) is 5.50. The van der Waals surface area contributed by atoms with Crippen LogP contribution in [0.1, 0.15) is 39.6 Å². The normalized spacial score (nSPS) is 19.2. The Morgan fingerprint density at radius 1 is 1.41 bits per heavy atom. The van der Waals surface area contributed by atoms with Crippen LogP contribution in [0.25, 0.3) is 16.6 Å². The fourth-order valence-electron chi connectivity index (χ4n) is 4.17. The van der Waals surface area contributed by atoms with E-state index in [1.807, 2.05) is 29.9 Å². The zero-order chi connectivity index (χ0) is 20.4. The Morgan fingerprint density at radius 2 is 2.28 bits per heavy atom. The summed E-state index contributed by atoms with van der Waals surface area (Å²) in [5.74, 6) is 0.269. The predicted octanol–water partition coefficient (Wildman–Crippen LogP) is 4.90. The third-order valence-corrected chi connectivity index (χ3v) is 6.77. The van der Waals surface area contributed by atoms with Crippen LogP contribution in [0.5, 0.6) is 0 Å². The average molecular weight is 410 g/mol. The Labute approximate surface area is 174 Å². The van der Waals surface area contributed by atoms with Crippen molar-refractivity contribution in [3.63, 3.8) is 0 Å². The number of aryl methyl sites for hydroxylation is 1. The number of piperidine rings is 1.